The fourth-order valence-electron chi connectivity index (χ4n) is 1.91. The van der Waals surface area contributed by atoms with E-state index in [-0.39, 0.29) is 5.75 Å². The molecule has 4 heteroatoms. The number of benzene rings is 1. The lowest BCUT2D eigenvalue weighted by molar-refractivity contribution is 0.391. The first kappa shape index (κ1) is 11.5. The van der Waals surface area contributed by atoms with Crippen molar-refractivity contribution in [1.82, 2.24) is 10.1 Å². The Hall–Kier alpha value is -2.62. The first-order valence-corrected chi connectivity index (χ1v) is 5.95. The number of rotatable bonds is 3. The quantitative estimate of drug-likeness (QED) is 0.778. The molecule has 3 aromatic rings. The molecule has 19 heavy (non-hydrogen) atoms. The Morgan fingerprint density at radius 1 is 1.05 bits per heavy atom. The van der Waals surface area contributed by atoms with Gasteiger partial charge in [-0.25, -0.2) is 0 Å². The molecular formula is C15H12N2O2. The van der Waals surface area contributed by atoms with Crippen molar-refractivity contribution in [3.63, 3.8) is 0 Å². The van der Waals surface area contributed by atoms with Crippen LogP contribution in [0.3, 0.4) is 0 Å². The minimum absolute atomic E-state index is 0.153. The van der Waals surface area contributed by atoms with E-state index < -0.39 is 0 Å². The van der Waals surface area contributed by atoms with Gasteiger partial charge in [0.1, 0.15) is 17.2 Å². The molecule has 0 spiro atoms. The first-order chi connectivity index (χ1) is 9.31. The Kier molecular flexibility index (Phi) is 2.98. The summed E-state index contributed by atoms with van der Waals surface area (Å²) in [5.74, 6) is 0.895. The van der Waals surface area contributed by atoms with E-state index in [4.69, 9.17) is 4.52 Å². The lowest BCUT2D eigenvalue weighted by Crippen LogP contribution is -1.86. The Morgan fingerprint density at radius 3 is 2.68 bits per heavy atom. The highest BCUT2D eigenvalue weighted by Crippen LogP contribution is 2.20. The molecule has 1 aromatic carbocycles. The van der Waals surface area contributed by atoms with Crippen molar-refractivity contribution in [3.05, 3.63) is 66.2 Å². The van der Waals surface area contributed by atoms with E-state index in [0.29, 0.717) is 6.42 Å². The van der Waals surface area contributed by atoms with Gasteiger partial charge < -0.3 is 9.63 Å². The monoisotopic (exact) mass is 252 g/mol. The number of hydrogen-bond acceptors (Lipinski definition) is 4. The maximum Gasteiger partial charge on any atom is 0.141 e. The molecule has 4 nitrogen and oxygen atoms in total. The van der Waals surface area contributed by atoms with E-state index in [1.807, 2.05) is 36.4 Å². The minimum Gasteiger partial charge on any atom is -0.506 e. The Labute approximate surface area is 110 Å². The molecule has 0 saturated carbocycles. The molecule has 3 rings (SSSR count). The average molecular weight is 252 g/mol. The zero-order valence-corrected chi connectivity index (χ0v) is 10.2. The minimum atomic E-state index is 0.153. The third-order valence-corrected chi connectivity index (χ3v) is 2.79. The molecular weight excluding hydrogens is 240 g/mol. The molecule has 0 unspecified atom stereocenters. The molecule has 0 fully saturated rings. The van der Waals surface area contributed by atoms with Crippen LogP contribution in [0.2, 0.25) is 0 Å². The molecule has 0 saturated heterocycles. The SMILES string of the molecule is Oc1cncc(Cc2cc(-c3ccccc3)no2)c1. The summed E-state index contributed by atoms with van der Waals surface area (Å²) >= 11 is 0. The molecule has 2 aromatic heterocycles. The van der Waals surface area contributed by atoms with Crippen LogP contribution in [0.25, 0.3) is 11.3 Å². The second kappa shape index (κ2) is 4.94. The smallest absolute Gasteiger partial charge is 0.141 e. The highest BCUT2D eigenvalue weighted by molar-refractivity contribution is 5.58. The van der Waals surface area contributed by atoms with Crippen molar-refractivity contribution in [1.29, 1.82) is 0 Å². The molecule has 1 N–H and O–H groups in total. The van der Waals surface area contributed by atoms with Gasteiger partial charge in [-0.3, -0.25) is 4.98 Å². The predicted octanol–water partition coefficient (Wildman–Crippen LogP) is 3.03. The Bertz CT molecular complexity index is 677. The number of nitrogens with zero attached hydrogens (tertiary/aromatic N) is 2. The van der Waals surface area contributed by atoms with Crippen LogP contribution in [-0.4, -0.2) is 15.2 Å². The van der Waals surface area contributed by atoms with Gasteiger partial charge in [-0.1, -0.05) is 35.5 Å². The van der Waals surface area contributed by atoms with E-state index in [0.717, 1.165) is 22.6 Å². The van der Waals surface area contributed by atoms with Crippen LogP contribution in [0.5, 0.6) is 5.75 Å². The van der Waals surface area contributed by atoms with Gasteiger partial charge in [0.25, 0.3) is 0 Å². The van der Waals surface area contributed by atoms with E-state index in [2.05, 4.69) is 10.1 Å². The summed E-state index contributed by atoms with van der Waals surface area (Å²) in [4.78, 5) is 3.93. The van der Waals surface area contributed by atoms with E-state index in [1.54, 1.807) is 12.3 Å². The standard InChI is InChI=1S/C15H12N2O2/c18-13-6-11(9-16-10-13)7-14-8-15(17-19-14)12-4-2-1-3-5-12/h1-6,8-10,18H,7H2. The molecule has 0 aliphatic carbocycles. The highest BCUT2D eigenvalue weighted by Gasteiger charge is 2.07. The van der Waals surface area contributed by atoms with Gasteiger partial charge in [0.05, 0.1) is 6.20 Å². The Morgan fingerprint density at radius 2 is 1.89 bits per heavy atom. The molecule has 2 heterocycles. The van der Waals surface area contributed by atoms with Crippen LogP contribution in [0.1, 0.15) is 11.3 Å². The van der Waals surface area contributed by atoms with E-state index >= 15 is 0 Å². The summed E-state index contributed by atoms with van der Waals surface area (Å²) in [7, 11) is 0. The van der Waals surface area contributed by atoms with Gasteiger partial charge in [0.15, 0.2) is 0 Å². The molecule has 0 radical (unpaired) electrons. The van der Waals surface area contributed by atoms with Gasteiger partial charge in [-0.2, -0.15) is 0 Å². The largest absolute Gasteiger partial charge is 0.506 e. The number of aromatic nitrogens is 2. The topological polar surface area (TPSA) is 59.2 Å². The lowest BCUT2D eigenvalue weighted by Gasteiger charge is -1.97. The fraction of sp³-hybridized carbons (Fsp3) is 0.0667. The molecule has 0 aliphatic heterocycles. The van der Waals surface area contributed by atoms with Crippen molar-refractivity contribution in [2.75, 3.05) is 0 Å². The maximum absolute atomic E-state index is 9.37. The summed E-state index contributed by atoms with van der Waals surface area (Å²) < 4.78 is 5.30. The van der Waals surface area contributed by atoms with Crippen LogP contribution >= 0.6 is 0 Å². The highest BCUT2D eigenvalue weighted by atomic mass is 16.5. The second-order valence-electron chi connectivity index (χ2n) is 4.27. The predicted molar refractivity (Wildman–Crippen MR) is 70.6 cm³/mol. The molecule has 0 amide bonds. The van der Waals surface area contributed by atoms with Crippen molar-refractivity contribution in [2.45, 2.75) is 6.42 Å². The summed E-state index contributed by atoms with van der Waals surface area (Å²) in [6, 6.07) is 13.4. The molecule has 94 valence electrons. The second-order valence-corrected chi connectivity index (χ2v) is 4.27. The van der Waals surface area contributed by atoms with Crippen molar-refractivity contribution in [3.8, 4) is 17.0 Å². The number of aromatic hydroxyl groups is 1. The third kappa shape index (κ3) is 2.63. The van der Waals surface area contributed by atoms with Crippen LogP contribution in [0.4, 0.5) is 0 Å². The van der Waals surface area contributed by atoms with Gasteiger partial charge in [0, 0.05) is 24.2 Å². The van der Waals surface area contributed by atoms with Crippen LogP contribution in [0, 0.1) is 0 Å². The first-order valence-electron chi connectivity index (χ1n) is 5.95. The lowest BCUT2D eigenvalue weighted by atomic mass is 10.1. The summed E-state index contributed by atoms with van der Waals surface area (Å²) in [5.41, 5.74) is 2.71. The normalized spacial score (nSPS) is 10.5. The zero-order chi connectivity index (χ0) is 13.1. The van der Waals surface area contributed by atoms with Gasteiger partial charge in [-0.05, 0) is 11.6 Å². The third-order valence-electron chi connectivity index (χ3n) is 2.79. The summed E-state index contributed by atoms with van der Waals surface area (Å²) in [5, 5.41) is 13.4. The fourth-order valence-corrected chi connectivity index (χ4v) is 1.91. The van der Waals surface area contributed by atoms with Crippen molar-refractivity contribution >= 4 is 0 Å². The van der Waals surface area contributed by atoms with Gasteiger partial charge in [-0.15, -0.1) is 0 Å². The summed E-state index contributed by atoms with van der Waals surface area (Å²) in [6.07, 6.45) is 3.66. The molecule has 0 bridgehead atoms. The van der Waals surface area contributed by atoms with Crippen molar-refractivity contribution < 1.29 is 9.63 Å². The van der Waals surface area contributed by atoms with E-state index in [9.17, 15) is 5.11 Å². The zero-order valence-electron chi connectivity index (χ0n) is 10.2. The average Bonchev–Trinajstić information content (AvgIpc) is 2.88. The molecule has 0 atom stereocenters. The summed E-state index contributed by atoms with van der Waals surface area (Å²) in [6.45, 7) is 0. The van der Waals surface area contributed by atoms with Gasteiger partial charge in [0.2, 0.25) is 0 Å². The van der Waals surface area contributed by atoms with Gasteiger partial charge >= 0.3 is 0 Å². The molecule has 0 aliphatic rings. The maximum atomic E-state index is 9.37. The van der Waals surface area contributed by atoms with E-state index in [1.165, 1.54) is 6.20 Å². The van der Waals surface area contributed by atoms with Crippen LogP contribution in [-0.2, 0) is 6.42 Å². The van der Waals surface area contributed by atoms with Crippen LogP contribution in [0.15, 0.2) is 59.4 Å². The van der Waals surface area contributed by atoms with Crippen molar-refractivity contribution in [2.24, 2.45) is 0 Å². The van der Waals surface area contributed by atoms with Crippen LogP contribution < -0.4 is 0 Å². The number of hydrogen-bond donors (Lipinski definition) is 1. The number of pyridine rings is 1. The Balaban J connectivity index is 1.82.